The van der Waals surface area contributed by atoms with Crippen LogP contribution in [0.2, 0.25) is 0 Å². The number of carbonyl (C=O) groups excluding carboxylic acids is 1. The number of nitrogens with zero attached hydrogens (tertiary/aromatic N) is 2. The van der Waals surface area contributed by atoms with Crippen LogP contribution in [-0.2, 0) is 20.8 Å². The number of hydrogen-bond acceptors (Lipinski definition) is 5. The van der Waals surface area contributed by atoms with Gasteiger partial charge in [0, 0.05) is 39.6 Å². The predicted molar refractivity (Wildman–Crippen MR) is 71.7 cm³/mol. The molecule has 0 aliphatic heterocycles. The lowest BCUT2D eigenvalue weighted by molar-refractivity contribution is -0.133. The molecule has 0 saturated carbocycles. The normalized spacial score (nSPS) is 10.5. The second-order valence-corrected chi connectivity index (χ2v) is 4.10. The van der Waals surface area contributed by atoms with Gasteiger partial charge in [0.15, 0.2) is 0 Å². The molecule has 0 unspecified atom stereocenters. The minimum absolute atomic E-state index is 0.136. The molecule has 0 saturated heterocycles. The van der Waals surface area contributed by atoms with E-state index in [9.17, 15) is 14.4 Å². The van der Waals surface area contributed by atoms with Crippen molar-refractivity contribution in [2.24, 2.45) is 0 Å². The van der Waals surface area contributed by atoms with Gasteiger partial charge in [-0.05, 0) is 0 Å². The van der Waals surface area contributed by atoms with E-state index in [4.69, 9.17) is 9.47 Å². The largest absolute Gasteiger partial charge is 0.383 e. The number of amides is 1. The fourth-order valence-corrected chi connectivity index (χ4v) is 1.58. The summed E-state index contributed by atoms with van der Waals surface area (Å²) in [4.78, 5) is 38.2. The Morgan fingerprint density at radius 3 is 2.35 bits per heavy atom. The molecule has 0 radical (unpaired) electrons. The SMILES string of the molecule is COCCN(CCOC)C(=O)Cn1ccc(=O)[nH]c1=O. The molecule has 1 aromatic rings. The van der Waals surface area contributed by atoms with Crippen molar-refractivity contribution in [3.63, 3.8) is 0 Å². The van der Waals surface area contributed by atoms with E-state index in [0.29, 0.717) is 26.3 Å². The quantitative estimate of drug-likeness (QED) is 0.638. The second kappa shape index (κ2) is 8.28. The van der Waals surface area contributed by atoms with Crippen LogP contribution >= 0.6 is 0 Å². The Morgan fingerprint density at radius 1 is 1.25 bits per heavy atom. The number of H-pyrrole nitrogens is 1. The number of aromatic amines is 1. The van der Waals surface area contributed by atoms with Crippen molar-refractivity contribution in [1.29, 1.82) is 0 Å². The highest BCUT2D eigenvalue weighted by atomic mass is 16.5. The van der Waals surface area contributed by atoms with Crippen LogP contribution in [-0.4, -0.2) is 60.9 Å². The predicted octanol–water partition coefficient (Wildman–Crippen LogP) is -1.34. The average Bonchev–Trinajstić information content (AvgIpc) is 2.42. The van der Waals surface area contributed by atoms with Crippen molar-refractivity contribution in [3.05, 3.63) is 33.1 Å². The molecule has 0 aromatic carbocycles. The maximum Gasteiger partial charge on any atom is 0.328 e. The first-order valence-corrected chi connectivity index (χ1v) is 6.14. The molecule has 0 fully saturated rings. The molecule has 8 heteroatoms. The van der Waals surface area contributed by atoms with Crippen molar-refractivity contribution in [2.45, 2.75) is 6.54 Å². The molecule has 112 valence electrons. The maximum absolute atomic E-state index is 12.1. The topological polar surface area (TPSA) is 93.6 Å². The molecule has 0 aliphatic rings. The summed E-state index contributed by atoms with van der Waals surface area (Å²) >= 11 is 0. The molecular formula is C12H19N3O5. The molecule has 1 amide bonds. The van der Waals surface area contributed by atoms with Crippen LogP contribution in [0.25, 0.3) is 0 Å². The van der Waals surface area contributed by atoms with Crippen molar-refractivity contribution in [1.82, 2.24) is 14.5 Å². The van der Waals surface area contributed by atoms with Crippen LogP contribution in [0.4, 0.5) is 0 Å². The van der Waals surface area contributed by atoms with Crippen LogP contribution in [0.3, 0.4) is 0 Å². The standard InChI is InChI=1S/C12H19N3O5/c1-19-7-5-14(6-8-20-2)11(17)9-15-4-3-10(16)13-12(15)18/h3-4H,5-9H2,1-2H3,(H,13,16,18). The summed E-state index contributed by atoms with van der Waals surface area (Å²) < 4.78 is 11.0. The third kappa shape index (κ3) is 4.98. The monoisotopic (exact) mass is 285 g/mol. The highest BCUT2D eigenvalue weighted by Gasteiger charge is 2.14. The second-order valence-electron chi connectivity index (χ2n) is 4.10. The smallest absolute Gasteiger partial charge is 0.328 e. The first kappa shape index (κ1) is 16.1. The number of methoxy groups -OCH3 is 2. The van der Waals surface area contributed by atoms with Gasteiger partial charge in [0.25, 0.3) is 5.56 Å². The van der Waals surface area contributed by atoms with E-state index in [1.54, 1.807) is 19.1 Å². The Balaban J connectivity index is 2.73. The van der Waals surface area contributed by atoms with Crippen molar-refractivity contribution in [2.75, 3.05) is 40.5 Å². The third-order valence-electron chi connectivity index (χ3n) is 2.69. The Hall–Kier alpha value is -1.93. The number of rotatable bonds is 8. The summed E-state index contributed by atoms with van der Waals surface area (Å²) in [5.74, 6) is -0.242. The van der Waals surface area contributed by atoms with E-state index in [0.717, 1.165) is 4.57 Å². The van der Waals surface area contributed by atoms with E-state index in [-0.39, 0.29) is 12.5 Å². The average molecular weight is 285 g/mol. The van der Waals surface area contributed by atoms with Crippen molar-refractivity contribution >= 4 is 5.91 Å². The minimum Gasteiger partial charge on any atom is -0.383 e. The highest BCUT2D eigenvalue weighted by Crippen LogP contribution is 1.93. The van der Waals surface area contributed by atoms with Crippen molar-refractivity contribution < 1.29 is 14.3 Å². The van der Waals surface area contributed by atoms with E-state index in [2.05, 4.69) is 4.98 Å². The molecular weight excluding hydrogens is 266 g/mol. The first-order valence-electron chi connectivity index (χ1n) is 6.14. The lowest BCUT2D eigenvalue weighted by Gasteiger charge is -2.22. The minimum atomic E-state index is -0.607. The van der Waals surface area contributed by atoms with Gasteiger partial charge in [-0.15, -0.1) is 0 Å². The number of aromatic nitrogens is 2. The molecule has 0 atom stereocenters. The molecule has 1 rings (SSSR count). The summed E-state index contributed by atoms with van der Waals surface area (Å²) in [6, 6.07) is 1.20. The zero-order valence-electron chi connectivity index (χ0n) is 11.6. The third-order valence-corrected chi connectivity index (χ3v) is 2.69. The Bertz CT molecular complexity index is 528. The molecule has 1 N–H and O–H groups in total. The zero-order valence-corrected chi connectivity index (χ0v) is 11.6. The van der Waals surface area contributed by atoms with E-state index in [1.807, 2.05) is 0 Å². The fraction of sp³-hybridized carbons (Fsp3) is 0.583. The van der Waals surface area contributed by atoms with Crippen LogP contribution in [0.1, 0.15) is 0 Å². The molecule has 8 nitrogen and oxygen atoms in total. The molecule has 20 heavy (non-hydrogen) atoms. The van der Waals surface area contributed by atoms with Gasteiger partial charge in [0.1, 0.15) is 6.54 Å². The molecule has 0 bridgehead atoms. The summed E-state index contributed by atoms with van der Waals surface area (Å²) in [6.07, 6.45) is 1.30. The zero-order chi connectivity index (χ0) is 15.0. The lowest BCUT2D eigenvalue weighted by Crippen LogP contribution is -2.41. The van der Waals surface area contributed by atoms with Gasteiger partial charge in [-0.3, -0.25) is 19.1 Å². The van der Waals surface area contributed by atoms with Gasteiger partial charge in [-0.25, -0.2) is 4.79 Å². The van der Waals surface area contributed by atoms with Gasteiger partial charge in [-0.2, -0.15) is 0 Å². The summed E-state index contributed by atoms with van der Waals surface area (Å²) in [6.45, 7) is 1.49. The molecule has 0 spiro atoms. The number of carbonyl (C=O) groups is 1. The van der Waals surface area contributed by atoms with E-state index in [1.165, 1.54) is 12.3 Å². The highest BCUT2D eigenvalue weighted by molar-refractivity contribution is 5.75. The summed E-state index contributed by atoms with van der Waals surface area (Å²) in [7, 11) is 3.09. The number of nitrogens with one attached hydrogen (secondary N) is 1. The lowest BCUT2D eigenvalue weighted by atomic mass is 10.4. The Morgan fingerprint density at radius 2 is 1.85 bits per heavy atom. The maximum atomic E-state index is 12.1. The molecule has 1 heterocycles. The van der Waals surface area contributed by atoms with Gasteiger partial charge < -0.3 is 14.4 Å². The van der Waals surface area contributed by atoms with Gasteiger partial charge >= 0.3 is 5.69 Å². The van der Waals surface area contributed by atoms with Crippen LogP contribution in [0.15, 0.2) is 21.9 Å². The van der Waals surface area contributed by atoms with E-state index < -0.39 is 11.2 Å². The molecule has 1 aromatic heterocycles. The summed E-state index contributed by atoms with van der Waals surface area (Å²) in [5, 5.41) is 0. The number of ether oxygens (including phenoxy) is 2. The van der Waals surface area contributed by atoms with Crippen LogP contribution in [0.5, 0.6) is 0 Å². The first-order chi connectivity index (χ1) is 9.58. The van der Waals surface area contributed by atoms with Crippen LogP contribution < -0.4 is 11.2 Å². The number of hydrogen-bond donors (Lipinski definition) is 1. The van der Waals surface area contributed by atoms with Crippen molar-refractivity contribution in [3.8, 4) is 0 Å². The van der Waals surface area contributed by atoms with E-state index >= 15 is 0 Å². The van der Waals surface area contributed by atoms with Gasteiger partial charge in [0.05, 0.1) is 13.2 Å². The van der Waals surface area contributed by atoms with Gasteiger partial charge in [0.2, 0.25) is 5.91 Å². The summed E-state index contributed by atoms with van der Waals surface area (Å²) in [5.41, 5.74) is -1.10. The molecule has 0 aliphatic carbocycles. The fourth-order valence-electron chi connectivity index (χ4n) is 1.58. The van der Waals surface area contributed by atoms with Crippen LogP contribution in [0, 0.1) is 0 Å². The Labute approximate surface area is 115 Å². The van der Waals surface area contributed by atoms with Gasteiger partial charge in [-0.1, -0.05) is 0 Å². The Kier molecular flexibility index (Phi) is 6.68.